The summed E-state index contributed by atoms with van der Waals surface area (Å²) in [5.41, 5.74) is 1.90. The van der Waals surface area contributed by atoms with Gasteiger partial charge in [-0.15, -0.1) is 0 Å². The highest BCUT2D eigenvalue weighted by Crippen LogP contribution is 2.31. The van der Waals surface area contributed by atoms with Crippen LogP contribution in [0, 0.1) is 6.92 Å². The molecule has 1 aromatic rings. The number of aryl methyl sites for hydroxylation is 1. The van der Waals surface area contributed by atoms with Crippen LogP contribution in [0.4, 0.5) is 0 Å². The third kappa shape index (κ3) is 1.62. The van der Waals surface area contributed by atoms with E-state index >= 15 is 0 Å². The first-order chi connectivity index (χ1) is 5.70. The first kappa shape index (κ1) is 9.55. The van der Waals surface area contributed by atoms with Gasteiger partial charge in [-0.2, -0.15) is 0 Å². The fourth-order valence-corrected chi connectivity index (χ4v) is 1.80. The van der Waals surface area contributed by atoms with Crippen LogP contribution in [-0.2, 0) is 6.61 Å². The summed E-state index contributed by atoms with van der Waals surface area (Å²) < 4.78 is 6.00. The molecular formula is C9H11BrO2. The molecule has 0 aliphatic heterocycles. The molecule has 0 fully saturated rings. The molecule has 0 unspecified atom stereocenters. The molecule has 0 aliphatic rings. The number of rotatable bonds is 2. The second kappa shape index (κ2) is 3.92. The Labute approximate surface area is 80.3 Å². The molecule has 12 heavy (non-hydrogen) atoms. The van der Waals surface area contributed by atoms with Gasteiger partial charge in [0.05, 0.1) is 18.2 Å². The number of benzene rings is 1. The third-order valence-electron chi connectivity index (χ3n) is 1.75. The smallest absolute Gasteiger partial charge is 0.136 e. The molecule has 3 heteroatoms. The van der Waals surface area contributed by atoms with Gasteiger partial charge in [-0.3, -0.25) is 0 Å². The normalized spacial score (nSPS) is 10.0. The predicted octanol–water partition coefficient (Wildman–Crippen LogP) is 2.26. The molecule has 0 saturated heterocycles. The van der Waals surface area contributed by atoms with Crippen LogP contribution in [0.25, 0.3) is 0 Å². The number of ether oxygens (including phenoxy) is 1. The average molecular weight is 231 g/mol. The van der Waals surface area contributed by atoms with E-state index in [-0.39, 0.29) is 6.61 Å². The van der Waals surface area contributed by atoms with Crippen LogP contribution in [0.1, 0.15) is 11.1 Å². The van der Waals surface area contributed by atoms with Gasteiger partial charge in [0.1, 0.15) is 5.75 Å². The lowest BCUT2D eigenvalue weighted by molar-refractivity contribution is 0.280. The van der Waals surface area contributed by atoms with Gasteiger partial charge in [0.15, 0.2) is 0 Å². The lowest BCUT2D eigenvalue weighted by atomic mass is 10.1. The first-order valence-corrected chi connectivity index (χ1v) is 4.42. The highest BCUT2D eigenvalue weighted by molar-refractivity contribution is 9.10. The molecule has 0 aromatic heterocycles. The van der Waals surface area contributed by atoms with Gasteiger partial charge >= 0.3 is 0 Å². The second-order valence-corrected chi connectivity index (χ2v) is 3.34. The van der Waals surface area contributed by atoms with Crippen molar-refractivity contribution < 1.29 is 9.84 Å². The van der Waals surface area contributed by atoms with Gasteiger partial charge < -0.3 is 9.84 Å². The average Bonchev–Trinajstić information content (AvgIpc) is 2.06. The minimum Gasteiger partial charge on any atom is -0.495 e. The summed E-state index contributed by atoms with van der Waals surface area (Å²) in [6.07, 6.45) is 0. The lowest BCUT2D eigenvalue weighted by Crippen LogP contribution is -1.93. The van der Waals surface area contributed by atoms with Crippen LogP contribution in [-0.4, -0.2) is 12.2 Å². The van der Waals surface area contributed by atoms with Gasteiger partial charge in [0.25, 0.3) is 0 Å². The minimum absolute atomic E-state index is 0.0250. The zero-order chi connectivity index (χ0) is 9.14. The standard InChI is InChI=1S/C9H11BrO2/c1-6-3-4-7(5-11)8(10)9(6)12-2/h3-4,11H,5H2,1-2H3. The largest absolute Gasteiger partial charge is 0.495 e. The monoisotopic (exact) mass is 230 g/mol. The van der Waals surface area contributed by atoms with Crippen molar-refractivity contribution in [2.24, 2.45) is 0 Å². The molecular weight excluding hydrogens is 220 g/mol. The van der Waals surface area contributed by atoms with Gasteiger partial charge in [-0.05, 0) is 34.0 Å². The second-order valence-electron chi connectivity index (χ2n) is 2.55. The van der Waals surface area contributed by atoms with E-state index in [0.29, 0.717) is 0 Å². The van der Waals surface area contributed by atoms with Gasteiger partial charge in [-0.25, -0.2) is 0 Å². The van der Waals surface area contributed by atoms with Gasteiger partial charge in [-0.1, -0.05) is 12.1 Å². The van der Waals surface area contributed by atoms with Gasteiger partial charge in [0.2, 0.25) is 0 Å². The zero-order valence-corrected chi connectivity index (χ0v) is 8.68. The van der Waals surface area contributed by atoms with Crippen molar-refractivity contribution >= 4 is 15.9 Å². The quantitative estimate of drug-likeness (QED) is 0.845. The lowest BCUT2D eigenvalue weighted by Gasteiger charge is -2.09. The molecule has 0 saturated carbocycles. The third-order valence-corrected chi connectivity index (χ3v) is 2.62. The number of aliphatic hydroxyl groups is 1. The maximum Gasteiger partial charge on any atom is 0.136 e. The number of hydrogen-bond donors (Lipinski definition) is 1. The summed E-state index contributed by atoms with van der Waals surface area (Å²) in [5.74, 6) is 0.793. The van der Waals surface area contributed by atoms with Crippen LogP contribution in [0.3, 0.4) is 0 Å². The van der Waals surface area contributed by atoms with Crippen molar-refractivity contribution in [3.63, 3.8) is 0 Å². The maximum atomic E-state index is 8.94. The van der Waals surface area contributed by atoms with E-state index < -0.39 is 0 Å². The predicted molar refractivity (Wildman–Crippen MR) is 51.4 cm³/mol. The van der Waals surface area contributed by atoms with E-state index in [4.69, 9.17) is 9.84 Å². The molecule has 2 nitrogen and oxygen atoms in total. The Morgan fingerprint density at radius 1 is 1.50 bits per heavy atom. The summed E-state index contributed by atoms with van der Waals surface area (Å²) in [7, 11) is 1.62. The van der Waals surface area contributed by atoms with Crippen molar-refractivity contribution in [2.75, 3.05) is 7.11 Å². The first-order valence-electron chi connectivity index (χ1n) is 3.63. The Morgan fingerprint density at radius 3 is 2.67 bits per heavy atom. The van der Waals surface area contributed by atoms with Crippen molar-refractivity contribution in [3.8, 4) is 5.75 Å². The highest BCUT2D eigenvalue weighted by Gasteiger charge is 2.07. The van der Waals surface area contributed by atoms with Crippen molar-refractivity contribution in [2.45, 2.75) is 13.5 Å². The number of methoxy groups -OCH3 is 1. The zero-order valence-electron chi connectivity index (χ0n) is 7.10. The number of hydrogen-bond acceptors (Lipinski definition) is 2. The number of aliphatic hydroxyl groups excluding tert-OH is 1. The van der Waals surface area contributed by atoms with Crippen molar-refractivity contribution in [1.29, 1.82) is 0 Å². The highest BCUT2D eigenvalue weighted by atomic mass is 79.9. The maximum absolute atomic E-state index is 8.94. The van der Waals surface area contributed by atoms with Crippen LogP contribution in [0.2, 0.25) is 0 Å². The summed E-state index contributed by atoms with van der Waals surface area (Å²) in [4.78, 5) is 0. The molecule has 1 rings (SSSR count). The van der Waals surface area contributed by atoms with Gasteiger partial charge in [0, 0.05) is 0 Å². The fourth-order valence-electron chi connectivity index (χ4n) is 1.07. The van der Waals surface area contributed by atoms with E-state index in [2.05, 4.69) is 15.9 Å². The van der Waals surface area contributed by atoms with Crippen molar-refractivity contribution in [1.82, 2.24) is 0 Å². The molecule has 0 heterocycles. The van der Waals surface area contributed by atoms with E-state index in [1.54, 1.807) is 7.11 Å². The molecule has 0 bridgehead atoms. The fraction of sp³-hybridized carbons (Fsp3) is 0.333. The molecule has 1 N–H and O–H groups in total. The molecule has 0 spiro atoms. The molecule has 0 amide bonds. The van der Waals surface area contributed by atoms with E-state index in [1.807, 2.05) is 19.1 Å². The Bertz CT molecular complexity index is 284. The minimum atomic E-state index is 0.0250. The summed E-state index contributed by atoms with van der Waals surface area (Å²) >= 11 is 3.37. The Hall–Kier alpha value is -0.540. The van der Waals surface area contributed by atoms with E-state index in [9.17, 15) is 0 Å². The van der Waals surface area contributed by atoms with E-state index in [0.717, 1.165) is 21.3 Å². The summed E-state index contributed by atoms with van der Waals surface area (Å²) in [5, 5.41) is 8.94. The summed E-state index contributed by atoms with van der Waals surface area (Å²) in [6.45, 7) is 1.99. The van der Waals surface area contributed by atoms with E-state index in [1.165, 1.54) is 0 Å². The molecule has 66 valence electrons. The topological polar surface area (TPSA) is 29.5 Å². The van der Waals surface area contributed by atoms with Crippen LogP contribution in [0.15, 0.2) is 16.6 Å². The SMILES string of the molecule is COc1c(C)ccc(CO)c1Br. The molecule has 1 aromatic carbocycles. The van der Waals surface area contributed by atoms with Crippen LogP contribution >= 0.6 is 15.9 Å². The Kier molecular flexibility index (Phi) is 3.12. The summed E-state index contributed by atoms with van der Waals surface area (Å²) in [6, 6.07) is 3.80. The van der Waals surface area contributed by atoms with Crippen LogP contribution in [0.5, 0.6) is 5.75 Å². The Morgan fingerprint density at radius 2 is 2.17 bits per heavy atom. The van der Waals surface area contributed by atoms with Crippen molar-refractivity contribution in [3.05, 3.63) is 27.7 Å². The van der Waals surface area contributed by atoms with Crippen LogP contribution < -0.4 is 4.74 Å². The Balaban J connectivity index is 3.24. The molecule has 0 aliphatic carbocycles. The number of halogens is 1. The molecule has 0 atom stereocenters. The molecule has 0 radical (unpaired) electrons.